The highest BCUT2D eigenvalue weighted by Gasteiger charge is 2.23. The molecule has 8 heteroatoms. The van der Waals surface area contributed by atoms with Gasteiger partial charge >= 0.3 is 0 Å². The molecule has 0 saturated heterocycles. The van der Waals surface area contributed by atoms with E-state index in [4.69, 9.17) is 0 Å². The van der Waals surface area contributed by atoms with E-state index in [9.17, 15) is 19.5 Å². The normalized spacial score (nSPS) is 23.5. The molecule has 1 aliphatic heterocycles. The zero-order valence-corrected chi connectivity index (χ0v) is 16.1. The lowest BCUT2D eigenvalue weighted by molar-refractivity contribution is -0.128. The van der Waals surface area contributed by atoms with Gasteiger partial charge in [0.05, 0.1) is 18.2 Å². The van der Waals surface area contributed by atoms with Gasteiger partial charge in [0.15, 0.2) is 0 Å². The molecular weight excluding hydrogens is 372 g/mol. The van der Waals surface area contributed by atoms with Crippen LogP contribution in [0.1, 0.15) is 29.6 Å². The number of hydrogen-bond donors (Lipinski definition) is 5. The van der Waals surface area contributed by atoms with Gasteiger partial charge in [-0.2, -0.15) is 0 Å². The third-order valence-electron chi connectivity index (χ3n) is 4.79. The Labute approximate surface area is 169 Å². The van der Waals surface area contributed by atoms with Crippen molar-refractivity contribution in [3.63, 3.8) is 0 Å². The summed E-state index contributed by atoms with van der Waals surface area (Å²) in [6.07, 6.45) is 6.24. The minimum absolute atomic E-state index is 0.232. The lowest BCUT2D eigenvalue weighted by Gasteiger charge is -2.21. The molecule has 0 bridgehead atoms. The van der Waals surface area contributed by atoms with Crippen molar-refractivity contribution in [2.75, 3.05) is 25.0 Å². The number of allylic oxidation sites excluding steroid dienone is 1. The van der Waals surface area contributed by atoms with E-state index in [-0.39, 0.29) is 18.4 Å². The maximum absolute atomic E-state index is 12.6. The van der Waals surface area contributed by atoms with Gasteiger partial charge in [0, 0.05) is 25.2 Å². The van der Waals surface area contributed by atoms with E-state index in [1.807, 2.05) is 12.1 Å². The van der Waals surface area contributed by atoms with Crippen LogP contribution in [0.4, 0.5) is 5.69 Å². The molecule has 0 spiro atoms. The van der Waals surface area contributed by atoms with Crippen molar-refractivity contribution in [2.24, 2.45) is 0 Å². The molecule has 0 fully saturated rings. The number of carbonyl (C=O) groups excluding carboxylic acids is 3. The minimum Gasteiger partial charge on any atom is -0.389 e. The average molecular weight is 398 g/mol. The number of carbonyl (C=O) groups is 3. The lowest BCUT2D eigenvalue weighted by atomic mass is 9.98. The number of fused-ring (bicyclic) bond motifs is 1. The first-order chi connectivity index (χ1) is 14.0. The molecule has 0 radical (unpaired) electrons. The van der Waals surface area contributed by atoms with E-state index in [0.29, 0.717) is 43.6 Å². The minimum atomic E-state index is -0.756. The zero-order valence-electron chi connectivity index (χ0n) is 16.1. The van der Waals surface area contributed by atoms with Gasteiger partial charge < -0.3 is 26.4 Å². The summed E-state index contributed by atoms with van der Waals surface area (Å²) in [5.41, 5.74) is 2.02. The number of para-hydroxylation sites is 1. The van der Waals surface area contributed by atoms with Gasteiger partial charge in [-0.1, -0.05) is 30.4 Å². The van der Waals surface area contributed by atoms with Crippen LogP contribution in [0, 0.1) is 0 Å². The summed E-state index contributed by atoms with van der Waals surface area (Å²) in [5.74, 6) is -1.07. The summed E-state index contributed by atoms with van der Waals surface area (Å²) in [4.78, 5) is 37.4. The van der Waals surface area contributed by atoms with Crippen LogP contribution < -0.4 is 21.3 Å². The largest absolute Gasteiger partial charge is 0.389 e. The molecule has 2 atom stereocenters. The average Bonchev–Trinajstić information content (AvgIpc) is 2.72. The molecule has 1 aromatic rings. The number of benzene rings is 1. The SMILES string of the molecule is O=C1CNC(=O)c2ccccc2NCCCNC(=O)C(CC2=CCC(O)C=C2)N1. The van der Waals surface area contributed by atoms with Crippen molar-refractivity contribution in [3.8, 4) is 0 Å². The van der Waals surface area contributed by atoms with Gasteiger partial charge in [-0.05, 0) is 30.5 Å². The second-order valence-corrected chi connectivity index (χ2v) is 7.07. The molecule has 1 aliphatic carbocycles. The van der Waals surface area contributed by atoms with E-state index in [1.54, 1.807) is 30.4 Å². The highest BCUT2D eigenvalue weighted by atomic mass is 16.3. The number of amides is 3. The summed E-state index contributed by atoms with van der Waals surface area (Å²) in [6, 6.07) is 6.34. The number of hydrogen-bond acceptors (Lipinski definition) is 5. The fraction of sp³-hybridized carbons (Fsp3) is 0.381. The molecular formula is C21H26N4O4. The van der Waals surface area contributed by atoms with E-state index in [1.165, 1.54) is 0 Å². The van der Waals surface area contributed by atoms with Gasteiger partial charge in [0.2, 0.25) is 11.8 Å². The van der Waals surface area contributed by atoms with Crippen molar-refractivity contribution >= 4 is 23.4 Å². The maximum Gasteiger partial charge on any atom is 0.253 e. The molecule has 3 rings (SSSR count). The first-order valence-corrected chi connectivity index (χ1v) is 9.76. The number of rotatable bonds is 2. The molecule has 29 heavy (non-hydrogen) atoms. The topological polar surface area (TPSA) is 120 Å². The van der Waals surface area contributed by atoms with Crippen molar-refractivity contribution < 1.29 is 19.5 Å². The summed E-state index contributed by atoms with van der Waals surface area (Å²) in [6.45, 7) is 0.804. The molecule has 3 amide bonds. The van der Waals surface area contributed by atoms with Crippen molar-refractivity contribution in [1.82, 2.24) is 16.0 Å². The number of nitrogens with one attached hydrogen (secondary N) is 4. The van der Waals surface area contributed by atoms with Crippen LogP contribution in [0.2, 0.25) is 0 Å². The number of aliphatic hydroxyl groups is 1. The zero-order chi connectivity index (χ0) is 20.6. The molecule has 2 unspecified atom stereocenters. The monoisotopic (exact) mass is 398 g/mol. The Bertz CT molecular complexity index is 834. The Balaban J connectivity index is 1.70. The Morgan fingerprint density at radius 3 is 2.62 bits per heavy atom. The van der Waals surface area contributed by atoms with Crippen LogP contribution in [0.3, 0.4) is 0 Å². The first-order valence-electron chi connectivity index (χ1n) is 9.76. The van der Waals surface area contributed by atoms with Crippen LogP contribution in [0.5, 0.6) is 0 Å². The summed E-state index contributed by atoms with van der Waals surface area (Å²) < 4.78 is 0. The first kappa shape index (κ1) is 20.6. The molecule has 0 saturated carbocycles. The van der Waals surface area contributed by atoms with E-state index in [2.05, 4.69) is 21.3 Å². The van der Waals surface area contributed by atoms with Gasteiger partial charge in [-0.3, -0.25) is 14.4 Å². The Hall–Kier alpha value is -3.13. The van der Waals surface area contributed by atoms with Gasteiger partial charge in [-0.25, -0.2) is 0 Å². The van der Waals surface area contributed by atoms with Gasteiger partial charge in [0.1, 0.15) is 6.04 Å². The third-order valence-corrected chi connectivity index (χ3v) is 4.79. The number of aliphatic hydroxyl groups excluding tert-OH is 1. The molecule has 1 heterocycles. The highest BCUT2D eigenvalue weighted by Crippen LogP contribution is 2.17. The maximum atomic E-state index is 12.6. The second-order valence-electron chi connectivity index (χ2n) is 7.07. The van der Waals surface area contributed by atoms with Crippen molar-refractivity contribution in [2.45, 2.75) is 31.4 Å². The Morgan fingerprint density at radius 2 is 1.83 bits per heavy atom. The molecule has 5 N–H and O–H groups in total. The Kier molecular flexibility index (Phi) is 7.02. The predicted octanol–water partition coefficient (Wildman–Crippen LogP) is 0.470. The van der Waals surface area contributed by atoms with Crippen LogP contribution >= 0.6 is 0 Å². The second kappa shape index (κ2) is 9.88. The number of anilines is 1. The molecule has 0 aromatic heterocycles. The van der Waals surface area contributed by atoms with E-state index < -0.39 is 18.1 Å². The fourth-order valence-electron chi connectivity index (χ4n) is 3.23. The highest BCUT2D eigenvalue weighted by molar-refractivity contribution is 6.01. The fourth-order valence-corrected chi connectivity index (χ4v) is 3.23. The molecule has 2 aliphatic rings. The molecule has 154 valence electrons. The third kappa shape index (κ3) is 5.92. The summed E-state index contributed by atoms with van der Waals surface area (Å²) >= 11 is 0. The summed E-state index contributed by atoms with van der Waals surface area (Å²) in [5, 5.41) is 20.9. The molecule has 8 nitrogen and oxygen atoms in total. The predicted molar refractivity (Wildman–Crippen MR) is 109 cm³/mol. The van der Waals surface area contributed by atoms with Crippen LogP contribution in [0.15, 0.2) is 48.1 Å². The lowest BCUT2D eigenvalue weighted by Crippen LogP contribution is -2.50. The van der Waals surface area contributed by atoms with Gasteiger partial charge in [0.25, 0.3) is 5.91 Å². The van der Waals surface area contributed by atoms with Crippen molar-refractivity contribution in [1.29, 1.82) is 0 Å². The molecule has 1 aromatic carbocycles. The van der Waals surface area contributed by atoms with Crippen LogP contribution in [-0.4, -0.2) is 54.6 Å². The van der Waals surface area contributed by atoms with Crippen LogP contribution in [0.25, 0.3) is 0 Å². The van der Waals surface area contributed by atoms with Gasteiger partial charge in [-0.15, -0.1) is 0 Å². The van der Waals surface area contributed by atoms with E-state index in [0.717, 1.165) is 5.57 Å². The smallest absolute Gasteiger partial charge is 0.253 e. The summed E-state index contributed by atoms with van der Waals surface area (Å²) in [7, 11) is 0. The van der Waals surface area contributed by atoms with Crippen LogP contribution in [-0.2, 0) is 9.59 Å². The van der Waals surface area contributed by atoms with Crippen molar-refractivity contribution in [3.05, 3.63) is 53.6 Å². The quantitative estimate of drug-likeness (QED) is 0.496. The standard InChI is InChI=1S/C21H26N4O4/c26-15-8-6-14(7-9-15)12-18-21(29)23-11-3-10-22-17-5-2-1-4-16(17)20(28)24-13-19(27)25-18/h1-2,4-8,15,18,22,26H,3,9-13H2,(H,23,29)(H,24,28)(H,25,27). The van der Waals surface area contributed by atoms with E-state index >= 15 is 0 Å². The Morgan fingerprint density at radius 1 is 1.03 bits per heavy atom.